The van der Waals surface area contributed by atoms with Crippen LogP contribution >= 0.6 is 15.9 Å². The van der Waals surface area contributed by atoms with Crippen LogP contribution in [0, 0.1) is 5.82 Å². The van der Waals surface area contributed by atoms with Gasteiger partial charge in [-0.3, -0.25) is 14.5 Å². The predicted molar refractivity (Wildman–Crippen MR) is 121 cm³/mol. The number of fused-ring (bicyclic) bond motifs is 2. The minimum absolute atomic E-state index is 0.00315. The fourth-order valence-corrected chi connectivity index (χ4v) is 4.33. The van der Waals surface area contributed by atoms with Crippen LogP contribution < -0.4 is 10.3 Å². The van der Waals surface area contributed by atoms with E-state index in [1.165, 1.54) is 12.1 Å². The first kappa shape index (κ1) is 19.7. The quantitative estimate of drug-likeness (QED) is 0.363. The van der Waals surface area contributed by atoms with Crippen molar-refractivity contribution in [2.24, 2.45) is 0 Å². The van der Waals surface area contributed by atoms with Gasteiger partial charge in [0.15, 0.2) is 5.43 Å². The molecule has 0 spiro atoms. The minimum atomic E-state index is -0.668. The predicted octanol–water partition coefficient (Wildman–Crippen LogP) is 6.01. The Morgan fingerprint density at radius 2 is 1.71 bits per heavy atom. The van der Waals surface area contributed by atoms with Crippen molar-refractivity contribution in [3.8, 4) is 0 Å². The van der Waals surface area contributed by atoms with Crippen LogP contribution in [-0.2, 0) is 6.42 Å². The van der Waals surface area contributed by atoms with Gasteiger partial charge in [0.2, 0.25) is 5.76 Å². The molecule has 0 saturated heterocycles. The Morgan fingerprint density at radius 3 is 2.39 bits per heavy atom. The second kappa shape index (κ2) is 7.46. The molecule has 4 nitrogen and oxygen atoms in total. The molecule has 3 aromatic carbocycles. The second-order valence-corrected chi connectivity index (χ2v) is 8.38. The lowest BCUT2D eigenvalue weighted by Crippen LogP contribution is -2.29. The average molecular weight is 478 g/mol. The van der Waals surface area contributed by atoms with Gasteiger partial charge < -0.3 is 4.42 Å². The van der Waals surface area contributed by atoms with E-state index in [1.807, 2.05) is 48.5 Å². The molecule has 0 radical (unpaired) electrons. The van der Waals surface area contributed by atoms with Crippen molar-refractivity contribution >= 4 is 38.5 Å². The molecule has 0 saturated carbocycles. The van der Waals surface area contributed by atoms with Crippen LogP contribution in [-0.4, -0.2) is 5.91 Å². The third kappa shape index (κ3) is 3.18. The number of benzene rings is 3. The lowest BCUT2D eigenvalue weighted by Gasteiger charge is -2.25. The van der Waals surface area contributed by atoms with Crippen LogP contribution in [0.15, 0.2) is 80.4 Å². The Hall–Kier alpha value is -3.25. The van der Waals surface area contributed by atoms with Crippen LogP contribution in [0.25, 0.3) is 11.0 Å². The number of amides is 1. The molecule has 0 fully saturated rings. The summed E-state index contributed by atoms with van der Waals surface area (Å²) in [5.41, 5.74) is 2.60. The highest BCUT2D eigenvalue weighted by Gasteiger charge is 2.43. The highest BCUT2D eigenvalue weighted by molar-refractivity contribution is 9.10. The summed E-state index contributed by atoms with van der Waals surface area (Å²) in [6, 6.07) is 18.2. The zero-order chi connectivity index (χ0) is 21.7. The number of anilines is 1. The van der Waals surface area contributed by atoms with Crippen molar-refractivity contribution in [1.29, 1.82) is 0 Å². The molecule has 0 N–H and O–H groups in total. The van der Waals surface area contributed by atoms with Gasteiger partial charge in [-0.1, -0.05) is 47.1 Å². The smallest absolute Gasteiger partial charge is 0.295 e. The molecule has 31 heavy (non-hydrogen) atoms. The van der Waals surface area contributed by atoms with E-state index >= 15 is 0 Å². The summed E-state index contributed by atoms with van der Waals surface area (Å²) in [7, 11) is 0. The molecule has 1 aliphatic rings. The first-order chi connectivity index (χ1) is 15.0. The van der Waals surface area contributed by atoms with E-state index in [9.17, 15) is 14.0 Å². The van der Waals surface area contributed by atoms with Gasteiger partial charge in [0, 0.05) is 10.2 Å². The van der Waals surface area contributed by atoms with Gasteiger partial charge in [-0.2, -0.15) is 0 Å². The van der Waals surface area contributed by atoms with E-state index in [0.29, 0.717) is 5.69 Å². The van der Waals surface area contributed by atoms with E-state index in [2.05, 4.69) is 22.9 Å². The number of aryl methyl sites for hydroxylation is 1. The Bertz CT molecular complexity index is 1380. The lowest BCUT2D eigenvalue weighted by molar-refractivity contribution is 0.0971. The number of nitrogens with zero attached hydrogens (tertiary/aromatic N) is 1. The summed E-state index contributed by atoms with van der Waals surface area (Å²) in [6.45, 7) is 2.06. The Morgan fingerprint density at radius 1 is 1.00 bits per heavy atom. The van der Waals surface area contributed by atoms with Crippen LogP contribution in [0.2, 0.25) is 0 Å². The largest absolute Gasteiger partial charge is 0.450 e. The molecule has 154 valence electrons. The molecule has 1 atom stereocenters. The highest BCUT2D eigenvalue weighted by Crippen LogP contribution is 2.41. The van der Waals surface area contributed by atoms with E-state index < -0.39 is 23.2 Å². The molecular formula is C25H17BrFNO3. The van der Waals surface area contributed by atoms with E-state index in [1.54, 1.807) is 4.90 Å². The Balaban J connectivity index is 1.79. The summed E-state index contributed by atoms with van der Waals surface area (Å²) in [4.78, 5) is 28.5. The van der Waals surface area contributed by atoms with Crippen LogP contribution in [0.4, 0.5) is 10.1 Å². The van der Waals surface area contributed by atoms with Gasteiger partial charge in [-0.25, -0.2) is 4.39 Å². The fourth-order valence-electron chi connectivity index (χ4n) is 4.06. The molecule has 1 aromatic heterocycles. The first-order valence-electron chi connectivity index (χ1n) is 9.92. The fraction of sp³-hybridized carbons (Fsp3) is 0.120. The van der Waals surface area contributed by atoms with Crippen molar-refractivity contribution in [3.05, 3.63) is 110 Å². The number of hydrogen-bond donors (Lipinski definition) is 0. The van der Waals surface area contributed by atoms with Crippen molar-refractivity contribution in [2.45, 2.75) is 19.4 Å². The number of carbonyl (C=O) groups excluding carboxylic acids is 1. The molecule has 1 unspecified atom stereocenters. The summed E-state index contributed by atoms with van der Waals surface area (Å²) >= 11 is 3.41. The van der Waals surface area contributed by atoms with Crippen molar-refractivity contribution in [3.63, 3.8) is 0 Å². The normalized spacial score (nSPS) is 15.5. The molecule has 4 aromatic rings. The SMILES string of the molecule is CCc1ccc(C2c3c(oc4ccc(F)cc4c3=O)C(=O)N2c2ccc(Br)cc2)cc1. The molecule has 6 heteroatoms. The van der Waals surface area contributed by atoms with E-state index in [-0.39, 0.29) is 22.3 Å². The summed E-state index contributed by atoms with van der Waals surface area (Å²) in [6.07, 6.45) is 0.878. The molecule has 1 aliphatic heterocycles. The topological polar surface area (TPSA) is 50.5 Å². The van der Waals surface area contributed by atoms with Gasteiger partial charge in [0.25, 0.3) is 5.91 Å². The Labute approximate surface area is 186 Å². The highest BCUT2D eigenvalue weighted by atomic mass is 79.9. The number of hydrogen-bond acceptors (Lipinski definition) is 3. The van der Waals surface area contributed by atoms with E-state index in [0.717, 1.165) is 28.1 Å². The lowest BCUT2D eigenvalue weighted by atomic mass is 9.97. The van der Waals surface area contributed by atoms with Gasteiger partial charge in [0.1, 0.15) is 11.4 Å². The van der Waals surface area contributed by atoms with Gasteiger partial charge >= 0.3 is 0 Å². The standard InChI is InChI=1S/C25H17BrFNO3/c1-2-14-3-5-15(6-4-14)22-21-23(29)19-13-17(27)9-12-20(19)31-24(21)25(30)28(22)18-10-7-16(26)8-11-18/h3-13,22H,2H2,1H3. The maximum absolute atomic E-state index is 13.9. The number of halogens is 2. The third-order valence-corrected chi connectivity index (χ3v) is 6.17. The molecular weight excluding hydrogens is 461 g/mol. The van der Waals surface area contributed by atoms with Crippen LogP contribution in [0.3, 0.4) is 0 Å². The summed E-state index contributed by atoms with van der Waals surface area (Å²) in [5.74, 6) is -0.931. The van der Waals surface area contributed by atoms with Crippen molar-refractivity contribution in [1.82, 2.24) is 0 Å². The van der Waals surface area contributed by atoms with E-state index in [4.69, 9.17) is 4.42 Å². The molecule has 0 bridgehead atoms. The average Bonchev–Trinajstić information content (AvgIpc) is 3.07. The zero-order valence-corrected chi connectivity index (χ0v) is 18.1. The molecule has 0 aliphatic carbocycles. The maximum Gasteiger partial charge on any atom is 0.295 e. The van der Waals surface area contributed by atoms with Gasteiger partial charge in [-0.05, 0) is 60.0 Å². The summed E-state index contributed by atoms with van der Waals surface area (Å²) < 4.78 is 20.6. The third-order valence-electron chi connectivity index (χ3n) is 5.64. The molecule has 1 amide bonds. The second-order valence-electron chi connectivity index (χ2n) is 7.46. The molecule has 5 rings (SSSR count). The zero-order valence-electron chi connectivity index (χ0n) is 16.6. The van der Waals surface area contributed by atoms with Crippen LogP contribution in [0.5, 0.6) is 0 Å². The first-order valence-corrected chi connectivity index (χ1v) is 10.7. The Kier molecular flexibility index (Phi) is 4.74. The minimum Gasteiger partial charge on any atom is -0.450 e. The van der Waals surface area contributed by atoms with Gasteiger partial charge in [0.05, 0.1) is 17.0 Å². The van der Waals surface area contributed by atoms with Gasteiger partial charge in [-0.15, -0.1) is 0 Å². The van der Waals surface area contributed by atoms with Crippen molar-refractivity contribution in [2.75, 3.05) is 4.90 Å². The van der Waals surface area contributed by atoms with Crippen LogP contribution in [0.1, 0.15) is 40.2 Å². The van der Waals surface area contributed by atoms with Crippen molar-refractivity contribution < 1.29 is 13.6 Å². The number of carbonyl (C=O) groups is 1. The monoisotopic (exact) mass is 477 g/mol. The number of rotatable bonds is 3. The molecule has 2 heterocycles. The maximum atomic E-state index is 13.9. The summed E-state index contributed by atoms with van der Waals surface area (Å²) in [5, 5.41) is 0.124.